The van der Waals surface area contributed by atoms with Gasteiger partial charge in [-0.1, -0.05) is 24.3 Å². The van der Waals surface area contributed by atoms with Gasteiger partial charge in [0.2, 0.25) is 0 Å². The first-order chi connectivity index (χ1) is 10.5. The van der Waals surface area contributed by atoms with E-state index in [-0.39, 0.29) is 0 Å². The molecule has 3 aromatic rings. The number of carbonyl (C=O) groups is 1. The summed E-state index contributed by atoms with van der Waals surface area (Å²) in [5.41, 5.74) is 5.94. The number of carboxylic acid groups (broad SMARTS) is 1. The van der Waals surface area contributed by atoms with Crippen LogP contribution in [-0.4, -0.2) is 16.1 Å². The van der Waals surface area contributed by atoms with Crippen LogP contribution in [-0.2, 0) is 0 Å². The molecular weight excluding hydrogens is 274 g/mol. The van der Waals surface area contributed by atoms with Crippen LogP contribution in [0.2, 0.25) is 0 Å². The number of pyridine rings is 1. The first-order valence-electron chi connectivity index (χ1n) is 7.18. The molecule has 0 fully saturated rings. The summed E-state index contributed by atoms with van der Waals surface area (Å²) < 4.78 is 0. The van der Waals surface area contributed by atoms with E-state index in [1.807, 2.05) is 57.2 Å². The van der Waals surface area contributed by atoms with Crippen molar-refractivity contribution in [3.05, 3.63) is 64.7 Å². The van der Waals surface area contributed by atoms with E-state index in [0.29, 0.717) is 16.6 Å². The minimum Gasteiger partial charge on any atom is -0.478 e. The molecule has 1 heterocycles. The minimum absolute atomic E-state index is 0.298. The van der Waals surface area contributed by atoms with Gasteiger partial charge >= 0.3 is 5.97 Å². The van der Waals surface area contributed by atoms with Crippen LogP contribution < -0.4 is 0 Å². The maximum absolute atomic E-state index is 11.7. The highest BCUT2D eigenvalue weighted by molar-refractivity contribution is 6.04. The predicted octanol–water partition coefficient (Wildman–Crippen LogP) is 4.53. The molecule has 2 aromatic carbocycles. The molecule has 0 aliphatic rings. The summed E-state index contributed by atoms with van der Waals surface area (Å²) in [6, 6.07) is 13.4. The highest BCUT2D eigenvalue weighted by atomic mass is 16.4. The van der Waals surface area contributed by atoms with Gasteiger partial charge in [-0.15, -0.1) is 0 Å². The molecule has 1 N–H and O–H groups in total. The zero-order chi connectivity index (χ0) is 15.9. The second kappa shape index (κ2) is 5.26. The second-order valence-corrected chi connectivity index (χ2v) is 5.63. The van der Waals surface area contributed by atoms with Gasteiger partial charge in [-0.2, -0.15) is 0 Å². The van der Waals surface area contributed by atoms with Crippen molar-refractivity contribution in [2.45, 2.75) is 20.8 Å². The normalized spacial score (nSPS) is 10.9. The molecule has 1 aromatic heterocycles. The van der Waals surface area contributed by atoms with Gasteiger partial charge in [0.1, 0.15) is 0 Å². The lowest BCUT2D eigenvalue weighted by atomic mass is 9.98. The number of hydrogen-bond donors (Lipinski definition) is 1. The van der Waals surface area contributed by atoms with Gasteiger partial charge in [0.05, 0.1) is 16.8 Å². The summed E-state index contributed by atoms with van der Waals surface area (Å²) in [5, 5.41) is 10.2. The van der Waals surface area contributed by atoms with Crippen molar-refractivity contribution < 1.29 is 9.90 Å². The van der Waals surface area contributed by atoms with Gasteiger partial charge in [0.25, 0.3) is 0 Å². The van der Waals surface area contributed by atoms with Gasteiger partial charge in [-0.05, 0) is 55.7 Å². The molecule has 0 radical (unpaired) electrons. The number of aryl methyl sites for hydroxylation is 3. The number of carboxylic acids is 1. The molecule has 3 nitrogen and oxygen atoms in total. The molecule has 3 heteroatoms. The van der Waals surface area contributed by atoms with E-state index < -0.39 is 5.97 Å². The third-order valence-electron chi connectivity index (χ3n) is 4.08. The maximum atomic E-state index is 11.7. The van der Waals surface area contributed by atoms with Gasteiger partial charge < -0.3 is 5.11 Å². The van der Waals surface area contributed by atoms with Crippen LogP contribution in [0.3, 0.4) is 0 Å². The van der Waals surface area contributed by atoms with E-state index in [1.165, 1.54) is 0 Å². The lowest BCUT2D eigenvalue weighted by Gasteiger charge is -2.11. The topological polar surface area (TPSA) is 50.2 Å². The second-order valence-electron chi connectivity index (χ2n) is 5.63. The maximum Gasteiger partial charge on any atom is 0.336 e. The summed E-state index contributed by atoms with van der Waals surface area (Å²) in [7, 11) is 0. The molecule has 0 saturated heterocycles. The van der Waals surface area contributed by atoms with Crippen LogP contribution in [0.1, 0.15) is 27.0 Å². The van der Waals surface area contributed by atoms with Gasteiger partial charge in [-0.25, -0.2) is 9.78 Å². The lowest BCUT2D eigenvalue weighted by molar-refractivity contribution is 0.0699. The van der Waals surface area contributed by atoms with Crippen molar-refractivity contribution in [3.8, 4) is 11.3 Å². The average molecular weight is 291 g/mol. The smallest absolute Gasteiger partial charge is 0.336 e. The van der Waals surface area contributed by atoms with Crippen molar-refractivity contribution in [2.24, 2.45) is 0 Å². The SMILES string of the molecule is Cc1cc2nc(-c3ccccc3C)cc(C(=O)O)c2cc1C. The molecule has 0 unspecified atom stereocenters. The van der Waals surface area contributed by atoms with Crippen molar-refractivity contribution in [2.75, 3.05) is 0 Å². The van der Waals surface area contributed by atoms with Crippen LogP contribution in [0.25, 0.3) is 22.2 Å². The Bertz CT molecular complexity index is 897. The standard InChI is InChI=1S/C19H17NO2/c1-11-6-4-5-7-14(11)18-10-16(19(21)22)15-8-12(2)13(3)9-17(15)20-18/h4-10H,1-3H3,(H,21,22). The van der Waals surface area contributed by atoms with E-state index in [1.54, 1.807) is 6.07 Å². The first kappa shape index (κ1) is 14.3. The fourth-order valence-electron chi connectivity index (χ4n) is 2.66. The molecule has 0 amide bonds. The Morgan fingerprint density at radius 2 is 1.64 bits per heavy atom. The number of benzene rings is 2. The molecule has 0 aliphatic carbocycles. The number of aromatic carboxylic acids is 1. The monoisotopic (exact) mass is 291 g/mol. The number of fused-ring (bicyclic) bond motifs is 1. The molecular formula is C19H17NO2. The fraction of sp³-hybridized carbons (Fsp3) is 0.158. The van der Waals surface area contributed by atoms with Crippen LogP contribution in [0.5, 0.6) is 0 Å². The van der Waals surface area contributed by atoms with Crippen molar-refractivity contribution in [3.63, 3.8) is 0 Å². The largest absolute Gasteiger partial charge is 0.478 e. The Morgan fingerprint density at radius 3 is 2.32 bits per heavy atom. The first-order valence-corrected chi connectivity index (χ1v) is 7.18. The Hall–Kier alpha value is -2.68. The van der Waals surface area contributed by atoms with E-state index in [9.17, 15) is 9.90 Å². The average Bonchev–Trinajstić information content (AvgIpc) is 2.48. The van der Waals surface area contributed by atoms with Crippen molar-refractivity contribution in [1.29, 1.82) is 0 Å². The third kappa shape index (κ3) is 2.35. The number of hydrogen-bond acceptors (Lipinski definition) is 2. The third-order valence-corrected chi connectivity index (χ3v) is 4.08. The van der Waals surface area contributed by atoms with Gasteiger partial charge in [0, 0.05) is 10.9 Å². The number of aromatic nitrogens is 1. The van der Waals surface area contributed by atoms with E-state index >= 15 is 0 Å². The molecule has 0 spiro atoms. The predicted molar refractivity (Wildman–Crippen MR) is 88.3 cm³/mol. The zero-order valence-corrected chi connectivity index (χ0v) is 12.8. The van der Waals surface area contributed by atoms with Crippen LogP contribution in [0.15, 0.2) is 42.5 Å². The molecule has 22 heavy (non-hydrogen) atoms. The molecule has 0 atom stereocenters. The van der Waals surface area contributed by atoms with Crippen molar-refractivity contribution in [1.82, 2.24) is 4.98 Å². The van der Waals surface area contributed by atoms with Crippen LogP contribution in [0, 0.1) is 20.8 Å². The lowest BCUT2D eigenvalue weighted by Crippen LogP contribution is -2.01. The van der Waals surface area contributed by atoms with E-state index in [4.69, 9.17) is 0 Å². The molecule has 0 aliphatic heterocycles. The quantitative estimate of drug-likeness (QED) is 0.755. The zero-order valence-electron chi connectivity index (χ0n) is 12.8. The molecule has 0 bridgehead atoms. The number of nitrogens with zero attached hydrogens (tertiary/aromatic N) is 1. The number of rotatable bonds is 2. The molecule has 3 rings (SSSR count). The van der Waals surface area contributed by atoms with E-state index in [2.05, 4.69) is 4.98 Å². The summed E-state index contributed by atoms with van der Waals surface area (Å²) in [6.45, 7) is 6.00. The highest BCUT2D eigenvalue weighted by Crippen LogP contribution is 2.28. The Morgan fingerprint density at radius 1 is 0.955 bits per heavy atom. The fourth-order valence-corrected chi connectivity index (χ4v) is 2.66. The summed E-state index contributed by atoms with van der Waals surface area (Å²) in [6.07, 6.45) is 0. The van der Waals surface area contributed by atoms with Crippen molar-refractivity contribution >= 4 is 16.9 Å². The Kier molecular flexibility index (Phi) is 3.41. The van der Waals surface area contributed by atoms with Crippen LogP contribution >= 0.6 is 0 Å². The Balaban J connectivity index is 2.37. The summed E-state index contributed by atoms with van der Waals surface area (Å²) in [5.74, 6) is -0.925. The van der Waals surface area contributed by atoms with Gasteiger partial charge in [0.15, 0.2) is 0 Å². The highest BCUT2D eigenvalue weighted by Gasteiger charge is 2.14. The summed E-state index contributed by atoms with van der Waals surface area (Å²) >= 11 is 0. The minimum atomic E-state index is -0.925. The summed E-state index contributed by atoms with van der Waals surface area (Å²) in [4.78, 5) is 16.3. The van der Waals surface area contributed by atoms with E-state index in [0.717, 1.165) is 27.8 Å². The Labute approximate surface area is 129 Å². The van der Waals surface area contributed by atoms with Crippen LogP contribution in [0.4, 0.5) is 0 Å². The van der Waals surface area contributed by atoms with Gasteiger partial charge in [-0.3, -0.25) is 0 Å². The molecule has 110 valence electrons. The molecule has 0 saturated carbocycles.